The molecule has 0 bridgehead atoms. The molecule has 0 aliphatic heterocycles. The maximum absolute atomic E-state index is 12.1. The van der Waals surface area contributed by atoms with Crippen molar-refractivity contribution in [2.75, 3.05) is 0 Å². The van der Waals surface area contributed by atoms with E-state index in [9.17, 15) is 9.00 Å². The van der Waals surface area contributed by atoms with E-state index in [4.69, 9.17) is 0 Å². The molecule has 88 valence electrons. The number of Topliss-reactive ketones (excluding diaryl/α,β-unsaturated/α-hetero) is 1. The van der Waals surface area contributed by atoms with Crippen molar-refractivity contribution in [2.24, 2.45) is 5.92 Å². The fourth-order valence-corrected chi connectivity index (χ4v) is 4.22. The number of hydrogen-bond acceptors (Lipinski definition) is 2. The quantitative estimate of drug-likeness (QED) is 0.744. The highest BCUT2D eigenvalue weighted by Gasteiger charge is 2.29. The summed E-state index contributed by atoms with van der Waals surface area (Å²) >= 11 is 0. The highest BCUT2D eigenvalue weighted by Crippen LogP contribution is 2.28. The molecule has 4 atom stereocenters. The Morgan fingerprint density at radius 2 is 2.13 bits per heavy atom. The van der Waals surface area contributed by atoms with Crippen molar-refractivity contribution in [3.63, 3.8) is 0 Å². The van der Waals surface area contributed by atoms with Crippen LogP contribution in [0.3, 0.4) is 0 Å². The van der Waals surface area contributed by atoms with Gasteiger partial charge in [-0.05, 0) is 25.7 Å². The van der Waals surface area contributed by atoms with E-state index in [1.165, 1.54) is 12.8 Å². The summed E-state index contributed by atoms with van der Waals surface area (Å²) in [5.41, 5.74) is 0. The lowest BCUT2D eigenvalue weighted by molar-refractivity contribution is -0.118. The van der Waals surface area contributed by atoms with Gasteiger partial charge in [-0.2, -0.15) is 0 Å². The molecule has 3 heteroatoms. The first kappa shape index (κ1) is 12.9. The summed E-state index contributed by atoms with van der Waals surface area (Å²) in [5, 5.41) is 0.00421. The summed E-state index contributed by atoms with van der Waals surface area (Å²) in [6, 6.07) is 0. The molecule has 0 spiro atoms. The van der Waals surface area contributed by atoms with Gasteiger partial charge in [-0.25, -0.2) is 0 Å². The van der Waals surface area contributed by atoms with Crippen LogP contribution in [0.1, 0.15) is 52.9 Å². The second-order valence-electron chi connectivity index (χ2n) is 4.68. The van der Waals surface area contributed by atoms with E-state index in [1.54, 1.807) is 0 Å². The Labute approximate surface area is 95.3 Å². The zero-order chi connectivity index (χ0) is 11.4. The van der Waals surface area contributed by atoms with Crippen LogP contribution in [0.4, 0.5) is 0 Å². The van der Waals surface area contributed by atoms with E-state index in [2.05, 4.69) is 6.92 Å². The van der Waals surface area contributed by atoms with E-state index >= 15 is 0 Å². The van der Waals surface area contributed by atoms with Gasteiger partial charge in [-0.1, -0.05) is 26.7 Å². The van der Waals surface area contributed by atoms with Crippen molar-refractivity contribution in [3.8, 4) is 0 Å². The van der Waals surface area contributed by atoms with Crippen LogP contribution in [-0.2, 0) is 15.6 Å². The molecule has 0 saturated heterocycles. The number of carbonyl (C=O) groups is 1. The Hall–Kier alpha value is -0.180. The SMILES string of the molecule is CCC(=O)C(C)S(=O)C1CCCC(C)C1. The van der Waals surface area contributed by atoms with Gasteiger partial charge in [0.15, 0.2) is 0 Å². The predicted molar refractivity (Wildman–Crippen MR) is 64.3 cm³/mol. The third-order valence-corrected chi connectivity index (χ3v) is 5.41. The normalized spacial score (nSPS) is 30.9. The molecule has 1 fully saturated rings. The van der Waals surface area contributed by atoms with Gasteiger partial charge in [0, 0.05) is 22.5 Å². The molecule has 0 aromatic carbocycles. The summed E-state index contributed by atoms with van der Waals surface area (Å²) in [7, 11) is -0.951. The summed E-state index contributed by atoms with van der Waals surface area (Å²) in [6.07, 6.45) is 5.01. The van der Waals surface area contributed by atoms with E-state index in [1.807, 2.05) is 13.8 Å². The molecule has 0 aromatic heterocycles. The fourth-order valence-electron chi connectivity index (χ4n) is 2.30. The predicted octanol–water partition coefficient (Wildman–Crippen LogP) is 2.68. The van der Waals surface area contributed by atoms with Gasteiger partial charge in [-0.15, -0.1) is 0 Å². The second kappa shape index (κ2) is 5.78. The van der Waals surface area contributed by atoms with Crippen LogP contribution in [0.15, 0.2) is 0 Å². The average Bonchev–Trinajstić information content (AvgIpc) is 2.26. The highest BCUT2D eigenvalue weighted by molar-refractivity contribution is 7.87. The van der Waals surface area contributed by atoms with Crippen LogP contribution in [0.2, 0.25) is 0 Å². The van der Waals surface area contributed by atoms with Crippen LogP contribution in [0, 0.1) is 5.92 Å². The minimum absolute atomic E-state index is 0.145. The maximum atomic E-state index is 12.1. The molecular weight excluding hydrogens is 208 g/mol. The van der Waals surface area contributed by atoms with Crippen molar-refractivity contribution < 1.29 is 9.00 Å². The van der Waals surface area contributed by atoms with E-state index in [-0.39, 0.29) is 16.3 Å². The van der Waals surface area contributed by atoms with Gasteiger partial charge in [-0.3, -0.25) is 9.00 Å². The Morgan fingerprint density at radius 1 is 1.47 bits per heavy atom. The monoisotopic (exact) mass is 230 g/mol. The Kier molecular flexibility index (Phi) is 4.97. The molecule has 1 saturated carbocycles. The van der Waals surface area contributed by atoms with Gasteiger partial charge < -0.3 is 0 Å². The van der Waals surface area contributed by atoms with Crippen molar-refractivity contribution >= 4 is 16.6 Å². The number of hydrogen-bond donors (Lipinski definition) is 0. The summed E-state index contributed by atoms with van der Waals surface area (Å²) in [5.74, 6) is 0.822. The topological polar surface area (TPSA) is 34.1 Å². The first-order chi connectivity index (χ1) is 7.06. The van der Waals surface area contributed by atoms with Gasteiger partial charge in [0.05, 0.1) is 5.25 Å². The Morgan fingerprint density at radius 3 is 2.67 bits per heavy atom. The second-order valence-corrected chi connectivity index (χ2v) is 6.72. The zero-order valence-corrected chi connectivity index (χ0v) is 10.8. The lowest BCUT2D eigenvalue weighted by atomic mass is 9.91. The zero-order valence-electron chi connectivity index (χ0n) is 9.99. The van der Waals surface area contributed by atoms with Crippen LogP contribution in [0.25, 0.3) is 0 Å². The minimum Gasteiger partial charge on any atom is -0.298 e. The molecule has 1 aliphatic rings. The standard InChI is InChI=1S/C12H22O2S/c1-4-12(13)10(3)15(14)11-7-5-6-9(2)8-11/h9-11H,4-8H2,1-3H3. The van der Waals surface area contributed by atoms with Crippen LogP contribution in [-0.4, -0.2) is 20.5 Å². The number of carbonyl (C=O) groups excluding carboxylic acids is 1. The largest absolute Gasteiger partial charge is 0.298 e. The lowest BCUT2D eigenvalue weighted by Gasteiger charge is -2.27. The summed E-state index contributed by atoms with van der Waals surface area (Å²) in [4.78, 5) is 11.5. The maximum Gasteiger partial charge on any atom is 0.147 e. The molecule has 0 aromatic rings. The number of ketones is 1. The first-order valence-electron chi connectivity index (χ1n) is 5.98. The molecule has 0 N–H and O–H groups in total. The molecule has 0 radical (unpaired) electrons. The molecule has 1 rings (SSSR count). The lowest BCUT2D eigenvalue weighted by Crippen LogP contribution is -2.33. The van der Waals surface area contributed by atoms with Crippen LogP contribution in [0.5, 0.6) is 0 Å². The molecule has 0 amide bonds. The van der Waals surface area contributed by atoms with Gasteiger partial charge in [0.25, 0.3) is 0 Å². The van der Waals surface area contributed by atoms with Gasteiger partial charge in [0.1, 0.15) is 5.78 Å². The third kappa shape index (κ3) is 3.40. The van der Waals surface area contributed by atoms with Crippen molar-refractivity contribution in [1.82, 2.24) is 0 Å². The van der Waals surface area contributed by atoms with Crippen molar-refractivity contribution in [3.05, 3.63) is 0 Å². The Bertz CT molecular complexity index is 250. The molecular formula is C12H22O2S. The molecule has 4 unspecified atom stereocenters. The Balaban J connectivity index is 2.55. The fraction of sp³-hybridized carbons (Fsp3) is 0.917. The minimum atomic E-state index is -0.951. The summed E-state index contributed by atoms with van der Waals surface area (Å²) < 4.78 is 12.1. The van der Waals surface area contributed by atoms with Gasteiger partial charge in [0.2, 0.25) is 0 Å². The van der Waals surface area contributed by atoms with Gasteiger partial charge >= 0.3 is 0 Å². The van der Waals surface area contributed by atoms with Crippen molar-refractivity contribution in [1.29, 1.82) is 0 Å². The first-order valence-corrected chi connectivity index (χ1v) is 7.26. The highest BCUT2D eigenvalue weighted by atomic mass is 32.2. The number of rotatable bonds is 4. The van der Waals surface area contributed by atoms with Crippen molar-refractivity contribution in [2.45, 2.75) is 63.4 Å². The van der Waals surface area contributed by atoms with E-state index in [0.29, 0.717) is 12.3 Å². The van der Waals surface area contributed by atoms with E-state index < -0.39 is 10.8 Å². The van der Waals surface area contributed by atoms with Crippen LogP contribution < -0.4 is 0 Å². The smallest absolute Gasteiger partial charge is 0.147 e. The molecule has 0 heterocycles. The summed E-state index contributed by atoms with van der Waals surface area (Å²) in [6.45, 7) is 5.89. The third-order valence-electron chi connectivity index (χ3n) is 3.37. The van der Waals surface area contributed by atoms with Crippen LogP contribution >= 0.6 is 0 Å². The molecule has 15 heavy (non-hydrogen) atoms. The molecule has 1 aliphatic carbocycles. The molecule has 2 nitrogen and oxygen atoms in total. The van der Waals surface area contributed by atoms with E-state index in [0.717, 1.165) is 12.8 Å². The average molecular weight is 230 g/mol.